The number of aryl methyl sites for hydroxylation is 1. The summed E-state index contributed by atoms with van der Waals surface area (Å²) < 4.78 is 2.92. The van der Waals surface area contributed by atoms with Crippen LogP contribution in [0.4, 0.5) is 0 Å². The fourth-order valence-corrected chi connectivity index (χ4v) is 4.19. The van der Waals surface area contributed by atoms with Gasteiger partial charge in [0.05, 0.1) is 17.6 Å². The third-order valence-electron chi connectivity index (χ3n) is 6.09. The van der Waals surface area contributed by atoms with E-state index in [1.165, 1.54) is 14.7 Å². The zero-order valence-electron chi connectivity index (χ0n) is 19.8. The highest BCUT2D eigenvalue weighted by Gasteiger charge is 2.14. The number of nitrogens with zero attached hydrogens (tertiary/aromatic N) is 2. The summed E-state index contributed by atoms with van der Waals surface area (Å²) in [5, 5.41) is 3.05. The second kappa shape index (κ2) is 10.8. The lowest BCUT2D eigenvalue weighted by molar-refractivity contribution is 0.0938. The summed E-state index contributed by atoms with van der Waals surface area (Å²) in [5.41, 5.74) is 2.82. The van der Waals surface area contributed by atoms with Gasteiger partial charge in [-0.1, -0.05) is 60.7 Å². The number of hydrogen-bond acceptors (Lipinski definition) is 3. The molecule has 0 saturated heterocycles. The number of aromatic nitrogens is 2. The van der Waals surface area contributed by atoms with E-state index in [4.69, 9.17) is 0 Å². The molecule has 4 rings (SSSR count). The molecule has 1 amide bonds. The molecule has 0 spiro atoms. The molecule has 35 heavy (non-hydrogen) atoms. The van der Waals surface area contributed by atoms with Crippen molar-refractivity contribution < 1.29 is 4.79 Å². The van der Waals surface area contributed by atoms with Crippen LogP contribution in [0.15, 0.2) is 101 Å². The molecule has 1 aromatic heterocycles. The van der Waals surface area contributed by atoms with Gasteiger partial charge in [-0.05, 0) is 55.2 Å². The van der Waals surface area contributed by atoms with E-state index in [0.717, 1.165) is 18.4 Å². The molecule has 6 heteroatoms. The fraction of sp³-hybridized carbons (Fsp3) is 0.207. The summed E-state index contributed by atoms with van der Waals surface area (Å²) in [6.07, 6.45) is 3.35. The van der Waals surface area contributed by atoms with Crippen LogP contribution in [0.3, 0.4) is 0 Å². The summed E-state index contributed by atoms with van der Waals surface area (Å²) in [7, 11) is 0. The maximum atomic E-state index is 12.9. The van der Waals surface area contributed by atoms with Crippen molar-refractivity contribution in [1.82, 2.24) is 14.5 Å². The summed E-state index contributed by atoms with van der Waals surface area (Å²) in [5.74, 6) is -0.133. The van der Waals surface area contributed by atoms with Crippen molar-refractivity contribution >= 4 is 16.9 Å². The van der Waals surface area contributed by atoms with E-state index in [1.54, 1.807) is 18.2 Å². The van der Waals surface area contributed by atoms with Gasteiger partial charge < -0.3 is 5.32 Å². The third kappa shape index (κ3) is 5.49. The Balaban J connectivity index is 1.48. The van der Waals surface area contributed by atoms with Gasteiger partial charge in [0.25, 0.3) is 5.91 Å². The van der Waals surface area contributed by atoms with Crippen LogP contribution >= 0.6 is 0 Å². The molecular formula is C29H29N3O3. The van der Waals surface area contributed by atoms with Crippen LogP contribution in [0.2, 0.25) is 0 Å². The molecule has 4 aromatic rings. The van der Waals surface area contributed by atoms with Gasteiger partial charge >= 0.3 is 11.1 Å². The Bertz CT molecular complexity index is 1450. The Morgan fingerprint density at radius 2 is 1.46 bits per heavy atom. The largest absolute Gasteiger partial charge is 0.350 e. The normalized spacial score (nSPS) is 11.8. The van der Waals surface area contributed by atoms with E-state index in [9.17, 15) is 14.4 Å². The number of nitrogens with one attached hydrogen (secondary N) is 1. The van der Waals surface area contributed by atoms with Crippen molar-refractivity contribution in [1.29, 1.82) is 0 Å². The first-order chi connectivity index (χ1) is 17.0. The molecule has 0 saturated carbocycles. The first kappa shape index (κ1) is 24.0. The highest BCUT2D eigenvalue weighted by Crippen LogP contribution is 2.14. The molecule has 0 fully saturated rings. The number of amides is 1. The van der Waals surface area contributed by atoms with E-state index in [1.807, 2.05) is 61.5 Å². The van der Waals surface area contributed by atoms with Gasteiger partial charge in [0.1, 0.15) is 0 Å². The number of benzene rings is 3. The molecule has 0 aliphatic heterocycles. The third-order valence-corrected chi connectivity index (χ3v) is 6.09. The lowest BCUT2D eigenvalue weighted by atomic mass is 10.1. The van der Waals surface area contributed by atoms with E-state index in [2.05, 4.69) is 24.0 Å². The minimum atomic E-state index is -0.584. The quantitative estimate of drug-likeness (QED) is 0.297. The highest BCUT2D eigenvalue weighted by molar-refractivity contribution is 5.94. The molecule has 178 valence electrons. The summed E-state index contributed by atoms with van der Waals surface area (Å²) in [6, 6.07) is 24.7. The number of allylic oxidation sites excluding steroid dienone is 1. The Kier molecular flexibility index (Phi) is 7.41. The lowest BCUT2D eigenvalue weighted by Gasteiger charge is -2.15. The van der Waals surface area contributed by atoms with Gasteiger partial charge in [0.2, 0.25) is 0 Å². The molecule has 1 N–H and O–H groups in total. The monoisotopic (exact) mass is 467 g/mol. The van der Waals surface area contributed by atoms with Crippen LogP contribution < -0.4 is 16.4 Å². The van der Waals surface area contributed by atoms with Crippen LogP contribution in [-0.2, 0) is 19.5 Å². The average Bonchev–Trinajstić information content (AvgIpc) is 2.89. The molecule has 3 aromatic carbocycles. The Morgan fingerprint density at radius 1 is 0.857 bits per heavy atom. The lowest BCUT2D eigenvalue weighted by Crippen LogP contribution is -2.41. The van der Waals surface area contributed by atoms with Crippen molar-refractivity contribution in [3.63, 3.8) is 0 Å². The maximum Gasteiger partial charge on any atom is 0.317 e. The van der Waals surface area contributed by atoms with Crippen molar-refractivity contribution in [2.75, 3.05) is 0 Å². The molecule has 0 aliphatic rings. The Hall–Kier alpha value is -4.19. The van der Waals surface area contributed by atoms with E-state index in [-0.39, 0.29) is 25.0 Å². The fourth-order valence-electron chi connectivity index (χ4n) is 4.19. The van der Waals surface area contributed by atoms with Crippen LogP contribution in [-0.4, -0.2) is 21.1 Å². The van der Waals surface area contributed by atoms with Crippen molar-refractivity contribution in [3.8, 4) is 0 Å². The van der Waals surface area contributed by atoms with Gasteiger partial charge in [-0.3, -0.25) is 23.5 Å². The highest BCUT2D eigenvalue weighted by atomic mass is 16.2. The number of para-hydroxylation sites is 2. The SMILES string of the molecule is C=CCn1c(=O)c(=O)n(Cc2ccc(C(=O)N[C@H](C)CCc3ccccc3)cc2)c2ccccc21. The minimum Gasteiger partial charge on any atom is -0.350 e. The van der Waals surface area contributed by atoms with Gasteiger partial charge in [-0.15, -0.1) is 6.58 Å². The van der Waals surface area contributed by atoms with Gasteiger partial charge in [0, 0.05) is 18.2 Å². The van der Waals surface area contributed by atoms with Crippen molar-refractivity contribution in [3.05, 3.63) is 129 Å². The summed E-state index contributed by atoms with van der Waals surface area (Å²) in [6.45, 7) is 6.19. The zero-order valence-corrected chi connectivity index (χ0v) is 19.8. The van der Waals surface area contributed by atoms with Gasteiger partial charge in [-0.25, -0.2) is 0 Å². The first-order valence-corrected chi connectivity index (χ1v) is 11.7. The van der Waals surface area contributed by atoms with Crippen LogP contribution in [0, 0.1) is 0 Å². The Labute approximate surface area is 204 Å². The molecule has 0 unspecified atom stereocenters. The first-order valence-electron chi connectivity index (χ1n) is 11.7. The van der Waals surface area contributed by atoms with Crippen molar-refractivity contribution in [2.45, 2.75) is 38.9 Å². The summed E-state index contributed by atoms with van der Waals surface area (Å²) >= 11 is 0. The zero-order chi connectivity index (χ0) is 24.8. The van der Waals surface area contributed by atoms with Gasteiger partial charge in [-0.2, -0.15) is 0 Å². The number of rotatable bonds is 9. The molecule has 1 atom stereocenters. The second-order valence-electron chi connectivity index (χ2n) is 8.68. The van der Waals surface area contributed by atoms with Crippen molar-refractivity contribution in [2.24, 2.45) is 0 Å². The average molecular weight is 468 g/mol. The molecule has 0 aliphatic carbocycles. The smallest absolute Gasteiger partial charge is 0.317 e. The molecule has 0 radical (unpaired) electrons. The topological polar surface area (TPSA) is 73.1 Å². The van der Waals surface area contributed by atoms with E-state index in [0.29, 0.717) is 16.6 Å². The van der Waals surface area contributed by atoms with Crippen LogP contribution in [0.1, 0.15) is 34.8 Å². The van der Waals surface area contributed by atoms with E-state index >= 15 is 0 Å². The predicted molar refractivity (Wildman–Crippen MR) is 140 cm³/mol. The molecule has 1 heterocycles. The number of carbonyl (C=O) groups excluding carboxylic acids is 1. The summed E-state index contributed by atoms with van der Waals surface area (Å²) in [4.78, 5) is 38.3. The number of carbonyl (C=O) groups is 1. The molecule has 0 bridgehead atoms. The predicted octanol–water partition coefficient (Wildman–Crippen LogP) is 4.15. The second-order valence-corrected chi connectivity index (χ2v) is 8.68. The molecule has 6 nitrogen and oxygen atoms in total. The van der Waals surface area contributed by atoms with Crippen LogP contribution in [0.5, 0.6) is 0 Å². The Morgan fingerprint density at radius 3 is 2.11 bits per heavy atom. The van der Waals surface area contributed by atoms with Crippen LogP contribution in [0.25, 0.3) is 11.0 Å². The van der Waals surface area contributed by atoms with E-state index < -0.39 is 11.1 Å². The molecular weight excluding hydrogens is 438 g/mol. The minimum absolute atomic E-state index is 0.0365. The number of hydrogen-bond donors (Lipinski definition) is 1. The standard InChI is InChI=1S/C29H29N3O3/c1-3-19-31-25-11-7-8-12-26(25)32(29(35)28(31)34)20-23-15-17-24(18-16-23)27(33)30-21(2)13-14-22-9-5-4-6-10-22/h3-12,15-18,21H,1,13-14,19-20H2,2H3,(H,30,33)/t21-/m1/s1. The maximum absolute atomic E-state index is 12.9. The number of fused-ring (bicyclic) bond motifs is 1. The van der Waals surface area contributed by atoms with Gasteiger partial charge in [0.15, 0.2) is 0 Å².